The summed E-state index contributed by atoms with van der Waals surface area (Å²) in [5.74, 6) is 1.43. The van der Waals surface area contributed by atoms with Crippen LogP contribution in [0.5, 0.6) is 0 Å². The van der Waals surface area contributed by atoms with Crippen LogP contribution in [0.1, 0.15) is 46.0 Å². The Kier molecular flexibility index (Phi) is 10.7. The number of nitrogens with zero attached hydrogens (tertiary/aromatic N) is 2. The van der Waals surface area contributed by atoms with Crippen LogP contribution < -0.4 is 5.73 Å². The first kappa shape index (κ1) is 22.0. The van der Waals surface area contributed by atoms with Crippen molar-refractivity contribution in [1.29, 1.82) is 0 Å². The van der Waals surface area contributed by atoms with E-state index in [1.54, 1.807) is 0 Å². The van der Waals surface area contributed by atoms with Crippen LogP contribution in [0, 0.1) is 11.8 Å². The first-order valence-corrected chi connectivity index (χ1v) is 8.33. The third kappa shape index (κ3) is 6.61. The molecule has 0 spiro atoms. The zero-order chi connectivity index (χ0) is 14.5. The molecule has 0 aliphatic carbocycles. The Bertz CT molecular complexity index is 315. The van der Waals surface area contributed by atoms with Crippen molar-refractivity contribution in [2.24, 2.45) is 17.6 Å². The van der Waals surface area contributed by atoms with E-state index in [1.165, 1.54) is 32.5 Å². The molecule has 2 rings (SSSR count). The number of carbonyl (C=O) groups excluding carboxylic acids is 1. The van der Waals surface area contributed by atoms with Crippen molar-refractivity contribution >= 4 is 30.7 Å². The molecular formula is C16H33Cl2N3O. The van der Waals surface area contributed by atoms with E-state index in [2.05, 4.69) is 18.7 Å². The Morgan fingerprint density at radius 1 is 1.09 bits per heavy atom. The van der Waals surface area contributed by atoms with E-state index < -0.39 is 0 Å². The Morgan fingerprint density at radius 2 is 1.64 bits per heavy atom. The predicted molar refractivity (Wildman–Crippen MR) is 96.9 cm³/mol. The quantitative estimate of drug-likeness (QED) is 0.825. The molecule has 0 unspecified atom stereocenters. The van der Waals surface area contributed by atoms with Crippen LogP contribution in [0.4, 0.5) is 0 Å². The van der Waals surface area contributed by atoms with Gasteiger partial charge in [-0.3, -0.25) is 4.79 Å². The molecule has 0 radical (unpaired) electrons. The molecule has 0 bridgehead atoms. The first-order valence-electron chi connectivity index (χ1n) is 8.33. The Balaban J connectivity index is 0.00000220. The molecule has 2 aliphatic rings. The topological polar surface area (TPSA) is 49.6 Å². The molecule has 2 heterocycles. The number of hydrogen-bond donors (Lipinski definition) is 1. The minimum absolute atomic E-state index is 0. The number of amides is 1. The van der Waals surface area contributed by atoms with Gasteiger partial charge in [-0.2, -0.15) is 0 Å². The van der Waals surface area contributed by atoms with Crippen LogP contribution in [0.25, 0.3) is 0 Å². The third-order valence-electron chi connectivity index (χ3n) is 4.68. The van der Waals surface area contributed by atoms with Gasteiger partial charge in [-0.15, -0.1) is 24.8 Å². The summed E-state index contributed by atoms with van der Waals surface area (Å²) in [6, 6.07) is -0.301. The summed E-state index contributed by atoms with van der Waals surface area (Å²) in [6.07, 6.45) is 5.82. The van der Waals surface area contributed by atoms with Crippen molar-refractivity contribution in [1.82, 2.24) is 9.80 Å². The summed E-state index contributed by atoms with van der Waals surface area (Å²) in [6.45, 7) is 9.84. The van der Waals surface area contributed by atoms with Gasteiger partial charge in [0.25, 0.3) is 0 Å². The average molecular weight is 354 g/mol. The second-order valence-electron chi connectivity index (χ2n) is 7.01. The molecule has 0 aromatic rings. The van der Waals surface area contributed by atoms with Gasteiger partial charge >= 0.3 is 0 Å². The minimum atomic E-state index is -0.301. The number of rotatable bonds is 5. The van der Waals surface area contributed by atoms with Gasteiger partial charge in [0.05, 0.1) is 6.04 Å². The fourth-order valence-electron chi connectivity index (χ4n) is 3.51. The SMILES string of the molecule is CC(C)C[C@H](N)C(=O)N1CCC(CN2CCCC2)CC1.Cl.Cl. The van der Waals surface area contributed by atoms with E-state index in [1.807, 2.05) is 4.90 Å². The number of carbonyl (C=O) groups is 1. The molecule has 1 amide bonds. The minimum Gasteiger partial charge on any atom is -0.341 e. The summed E-state index contributed by atoms with van der Waals surface area (Å²) < 4.78 is 0. The molecule has 4 nitrogen and oxygen atoms in total. The fraction of sp³-hybridized carbons (Fsp3) is 0.938. The van der Waals surface area contributed by atoms with Crippen LogP contribution >= 0.6 is 24.8 Å². The molecule has 0 saturated carbocycles. The van der Waals surface area contributed by atoms with Crippen molar-refractivity contribution < 1.29 is 4.79 Å². The Labute approximate surface area is 148 Å². The lowest BCUT2D eigenvalue weighted by molar-refractivity contribution is -0.134. The van der Waals surface area contributed by atoms with E-state index in [0.717, 1.165) is 38.3 Å². The maximum atomic E-state index is 12.3. The number of halogens is 2. The molecule has 2 fully saturated rings. The van der Waals surface area contributed by atoms with E-state index in [0.29, 0.717) is 5.92 Å². The lowest BCUT2D eigenvalue weighted by atomic mass is 9.95. The van der Waals surface area contributed by atoms with Crippen LogP contribution in [-0.4, -0.2) is 54.5 Å². The maximum absolute atomic E-state index is 12.3. The molecule has 1 atom stereocenters. The van der Waals surface area contributed by atoms with Crippen molar-refractivity contribution in [3.63, 3.8) is 0 Å². The lowest BCUT2D eigenvalue weighted by Gasteiger charge is -2.35. The van der Waals surface area contributed by atoms with E-state index >= 15 is 0 Å². The van der Waals surface area contributed by atoms with Gasteiger partial charge in [-0.25, -0.2) is 0 Å². The van der Waals surface area contributed by atoms with E-state index in [-0.39, 0.29) is 36.8 Å². The highest BCUT2D eigenvalue weighted by Crippen LogP contribution is 2.21. The number of nitrogens with two attached hydrogens (primary N) is 1. The summed E-state index contributed by atoms with van der Waals surface area (Å²) in [5.41, 5.74) is 6.02. The molecule has 0 aromatic heterocycles. The highest BCUT2D eigenvalue weighted by atomic mass is 35.5. The second-order valence-corrected chi connectivity index (χ2v) is 7.01. The van der Waals surface area contributed by atoms with Crippen LogP contribution in [-0.2, 0) is 4.79 Å². The molecule has 2 saturated heterocycles. The van der Waals surface area contributed by atoms with Crippen LogP contribution in [0.3, 0.4) is 0 Å². The summed E-state index contributed by atoms with van der Waals surface area (Å²) >= 11 is 0. The standard InChI is InChI=1S/C16H31N3O.2ClH/c1-13(2)11-15(17)16(20)19-9-5-14(6-10-19)12-18-7-3-4-8-18;;/h13-15H,3-12,17H2,1-2H3;2*1H/t15-;;/m0../s1. The molecule has 22 heavy (non-hydrogen) atoms. The summed E-state index contributed by atoms with van der Waals surface area (Å²) in [4.78, 5) is 16.9. The van der Waals surface area contributed by atoms with Crippen LogP contribution in [0.2, 0.25) is 0 Å². The average Bonchev–Trinajstić information content (AvgIpc) is 2.91. The molecule has 0 aromatic carbocycles. The normalized spacial score (nSPS) is 21.4. The maximum Gasteiger partial charge on any atom is 0.239 e. The highest BCUT2D eigenvalue weighted by Gasteiger charge is 2.27. The summed E-state index contributed by atoms with van der Waals surface area (Å²) in [5, 5.41) is 0. The molecule has 6 heteroatoms. The monoisotopic (exact) mass is 353 g/mol. The van der Waals surface area contributed by atoms with Crippen molar-refractivity contribution in [2.75, 3.05) is 32.7 Å². The zero-order valence-corrected chi connectivity index (χ0v) is 15.6. The number of piperidine rings is 1. The number of likely N-dealkylation sites (tertiary alicyclic amines) is 2. The molecular weight excluding hydrogens is 321 g/mol. The lowest BCUT2D eigenvalue weighted by Crippen LogP contribution is -2.48. The highest BCUT2D eigenvalue weighted by molar-refractivity contribution is 5.85. The predicted octanol–water partition coefficient (Wildman–Crippen LogP) is 2.54. The summed E-state index contributed by atoms with van der Waals surface area (Å²) in [7, 11) is 0. The van der Waals surface area contributed by atoms with E-state index in [9.17, 15) is 4.79 Å². The van der Waals surface area contributed by atoms with Gasteiger partial charge < -0.3 is 15.5 Å². The third-order valence-corrected chi connectivity index (χ3v) is 4.68. The fourth-order valence-corrected chi connectivity index (χ4v) is 3.51. The van der Waals surface area contributed by atoms with Gasteiger partial charge in [0.15, 0.2) is 0 Å². The van der Waals surface area contributed by atoms with Gasteiger partial charge in [0.2, 0.25) is 5.91 Å². The van der Waals surface area contributed by atoms with Crippen molar-refractivity contribution in [3.8, 4) is 0 Å². The molecule has 2 aliphatic heterocycles. The Morgan fingerprint density at radius 3 is 2.14 bits per heavy atom. The number of hydrogen-bond acceptors (Lipinski definition) is 3. The van der Waals surface area contributed by atoms with E-state index in [4.69, 9.17) is 5.73 Å². The first-order chi connectivity index (χ1) is 9.56. The van der Waals surface area contributed by atoms with Crippen molar-refractivity contribution in [2.45, 2.75) is 52.0 Å². The Hall–Kier alpha value is -0.0300. The van der Waals surface area contributed by atoms with Gasteiger partial charge in [-0.05, 0) is 57.0 Å². The van der Waals surface area contributed by atoms with Gasteiger partial charge in [-0.1, -0.05) is 13.8 Å². The van der Waals surface area contributed by atoms with Gasteiger partial charge in [0, 0.05) is 19.6 Å². The molecule has 2 N–H and O–H groups in total. The molecule has 132 valence electrons. The van der Waals surface area contributed by atoms with Crippen LogP contribution in [0.15, 0.2) is 0 Å². The zero-order valence-electron chi connectivity index (χ0n) is 14.0. The van der Waals surface area contributed by atoms with Crippen molar-refractivity contribution in [3.05, 3.63) is 0 Å². The largest absolute Gasteiger partial charge is 0.341 e. The smallest absolute Gasteiger partial charge is 0.239 e. The van der Waals surface area contributed by atoms with Gasteiger partial charge in [0.1, 0.15) is 0 Å². The second kappa shape index (κ2) is 10.7.